The number of hydrogen-bond acceptors (Lipinski definition) is 3. The molecule has 4 nitrogen and oxygen atoms in total. The molecule has 1 fully saturated rings. The molecule has 0 amide bonds. The molecule has 1 saturated carbocycles. The normalized spacial score (nSPS) is 22.1. The Morgan fingerprint density at radius 3 is 2.75 bits per heavy atom. The molecule has 1 aromatic carbocycles. The maximum absolute atomic E-state index is 12.4. The van der Waals surface area contributed by atoms with Crippen LogP contribution >= 0.6 is 0 Å². The SMILES string of the molecule is CC1(C)CCCCC1NS(=O)(=O)c1cccc(C#N)c1. The van der Waals surface area contributed by atoms with E-state index in [-0.39, 0.29) is 16.4 Å². The fourth-order valence-electron chi connectivity index (χ4n) is 2.70. The molecule has 0 saturated heterocycles. The smallest absolute Gasteiger partial charge is 0.208 e. The number of sulfonamides is 1. The lowest BCUT2D eigenvalue weighted by Crippen LogP contribution is -2.46. The van der Waals surface area contributed by atoms with Gasteiger partial charge >= 0.3 is 0 Å². The number of nitrogens with zero attached hydrogens (tertiary/aromatic N) is 1. The van der Waals surface area contributed by atoms with Gasteiger partial charge in [-0.25, -0.2) is 13.1 Å². The van der Waals surface area contributed by atoms with Gasteiger partial charge < -0.3 is 0 Å². The first-order chi connectivity index (χ1) is 9.35. The van der Waals surface area contributed by atoms with Crippen LogP contribution in [0.15, 0.2) is 29.2 Å². The van der Waals surface area contributed by atoms with Crippen LogP contribution in [0.4, 0.5) is 0 Å². The van der Waals surface area contributed by atoms with Gasteiger partial charge in [0.05, 0.1) is 16.5 Å². The minimum atomic E-state index is -3.56. The van der Waals surface area contributed by atoms with E-state index in [4.69, 9.17) is 5.26 Å². The molecule has 0 aromatic heterocycles. The maximum atomic E-state index is 12.4. The first-order valence-electron chi connectivity index (χ1n) is 6.88. The average molecular weight is 292 g/mol. The Bertz CT molecular complexity index is 630. The zero-order valence-corrected chi connectivity index (χ0v) is 12.7. The van der Waals surface area contributed by atoms with Gasteiger partial charge in [-0.3, -0.25) is 0 Å². The van der Waals surface area contributed by atoms with E-state index in [1.807, 2.05) is 6.07 Å². The van der Waals surface area contributed by atoms with Crippen molar-refractivity contribution in [2.45, 2.75) is 50.5 Å². The Morgan fingerprint density at radius 1 is 1.35 bits per heavy atom. The van der Waals surface area contributed by atoms with Crippen molar-refractivity contribution < 1.29 is 8.42 Å². The van der Waals surface area contributed by atoms with Gasteiger partial charge in [0.15, 0.2) is 0 Å². The second kappa shape index (κ2) is 5.55. The van der Waals surface area contributed by atoms with E-state index in [9.17, 15) is 8.42 Å². The van der Waals surface area contributed by atoms with E-state index >= 15 is 0 Å². The van der Waals surface area contributed by atoms with E-state index in [1.54, 1.807) is 12.1 Å². The molecule has 0 aliphatic heterocycles. The second-order valence-electron chi connectivity index (χ2n) is 6.05. The van der Waals surface area contributed by atoms with Gasteiger partial charge in [0.1, 0.15) is 0 Å². The van der Waals surface area contributed by atoms with Gasteiger partial charge in [0, 0.05) is 6.04 Å². The molecule has 0 bridgehead atoms. The number of rotatable bonds is 3. The number of nitrogens with one attached hydrogen (secondary N) is 1. The van der Waals surface area contributed by atoms with Crippen LogP contribution in [-0.2, 0) is 10.0 Å². The van der Waals surface area contributed by atoms with Crippen LogP contribution in [0.3, 0.4) is 0 Å². The molecule has 2 rings (SSSR count). The quantitative estimate of drug-likeness (QED) is 0.931. The summed E-state index contributed by atoms with van der Waals surface area (Å²) in [7, 11) is -3.56. The molecular weight excluding hydrogens is 272 g/mol. The molecule has 1 N–H and O–H groups in total. The Hall–Kier alpha value is -1.38. The lowest BCUT2D eigenvalue weighted by atomic mass is 9.74. The zero-order valence-electron chi connectivity index (χ0n) is 11.9. The highest BCUT2D eigenvalue weighted by Crippen LogP contribution is 2.36. The fourth-order valence-corrected chi connectivity index (χ4v) is 4.19. The van der Waals surface area contributed by atoms with Gasteiger partial charge in [-0.1, -0.05) is 32.8 Å². The standard InChI is InChI=1S/C15H20N2O2S/c1-15(2)9-4-3-8-14(15)17-20(18,19)13-7-5-6-12(10-13)11-16/h5-7,10,14,17H,3-4,8-9H2,1-2H3. The van der Waals surface area contributed by atoms with Crippen LogP contribution in [0.5, 0.6) is 0 Å². The third kappa shape index (κ3) is 3.20. The molecule has 0 radical (unpaired) electrons. The molecule has 0 spiro atoms. The van der Waals surface area contributed by atoms with Gasteiger partial charge in [-0.05, 0) is 36.5 Å². The number of nitriles is 1. The molecule has 1 aromatic rings. The topological polar surface area (TPSA) is 70.0 Å². The zero-order chi connectivity index (χ0) is 14.8. The van der Waals surface area contributed by atoms with Crippen LogP contribution in [-0.4, -0.2) is 14.5 Å². The molecule has 0 heterocycles. The lowest BCUT2D eigenvalue weighted by molar-refractivity contribution is 0.188. The van der Waals surface area contributed by atoms with Crippen LogP contribution < -0.4 is 4.72 Å². The maximum Gasteiger partial charge on any atom is 0.240 e. The first kappa shape index (κ1) is 15.0. The molecule has 1 aliphatic carbocycles. The largest absolute Gasteiger partial charge is 0.240 e. The van der Waals surface area contributed by atoms with Crippen LogP contribution in [0.2, 0.25) is 0 Å². The molecule has 1 atom stereocenters. The van der Waals surface area contributed by atoms with Crippen molar-refractivity contribution in [1.82, 2.24) is 4.72 Å². The minimum Gasteiger partial charge on any atom is -0.208 e. The van der Waals surface area contributed by atoms with Crippen molar-refractivity contribution in [2.24, 2.45) is 5.41 Å². The van der Waals surface area contributed by atoms with Gasteiger partial charge in [-0.15, -0.1) is 0 Å². The molecule has 1 unspecified atom stereocenters. The second-order valence-corrected chi connectivity index (χ2v) is 7.76. The number of hydrogen-bond donors (Lipinski definition) is 1. The summed E-state index contributed by atoms with van der Waals surface area (Å²) < 4.78 is 27.7. The molecule has 108 valence electrons. The Morgan fingerprint density at radius 2 is 2.10 bits per heavy atom. The summed E-state index contributed by atoms with van der Waals surface area (Å²) in [6.45, 7) is 4.20. The highest BCUT2D eigenvalue weighted by Gasteiger charge is 2.35. The first-order valence-corrected chi connectivity index (χ1v) is 8.36. The summed E-state index contributed by atoms with van der Waals surface area (Å²) in [5, 5.41) is 8.87. The predicted molar refractivity (Wildman–Crippen MR) is 77.5 cm³/mol. The molecular formula is C15H20N2O2S. The Balaban J connectivity index is 2.25. The average Bonchev–Trinajstić information content (AvgIpc) is 2.41. The van der Waals surface area contributed by atoms with Crippen molar-refractivity contribution in [3.8, 4) is 6.07 Å². The van der Waals surface area contributed by atoms with Crippen molar-refractivity contribution in [3.63, 3.8) is 0 Å². The molecule has 20 heavy (non-hydrogen) atoms. The van der Waals surface area contributed by atoms with E-state index in [1.165, 1.54) is 12.1 Å². The van der Waals surface area contributed by atoms with E-state index in [2.05, 4.69) is 18.6 Å². The summed E-state index contributed by atoms with van der Waals surface area (Å²) in [4.78, 5) is 0.165. The van der Waals surface area contributed by atoms with Crippen molar-refractivity contribution in [1.29, 1.82) is 5.26 Å². The summed E-state index contributed by atoms with van der Waals surface area (Å²) in [5.74, 6) is 0. The monoisotopic (exact) mass is 292 g/mol. The van der Waals surface area contributed by atoms with Crippen LogP contribution in [0, 0.1) is 16.7 Å². The number of benzene rings is 1. The van der Waals surface area contributed by atoms with Gasteiger partial charge in [0.2, 0.25) is 10.0 Å². The summed E-state index contributed by atoms with van der Waals surface area (Å²) in [6.07, 6.45) is 4.09. The van der Waals surface area contributed by atoms with Crippen LogP contribution in [0.25, 0.3) is 0 Å². The molecule has 1 aliphatic rings. The third-order valence-electron chi connectivity index (χ3n) is 4.08. The van der Waals surface area contributed by atoms with Crippen LogP contribution in [0.1, 0.15) is 45.1 Å². The van der Waals surface area contributed by atoms with E-state index in [0.717, 1.165) is 25.7 Å². The van der Waals surface area contributed by atoms with Crippen molar-refractivity contribution in [3.05, 3.63) is 29.8 Å². The summed E-state index contributed by atoms with van der Waals surface area (Å²) in [5.41, 5.74) is 0.328. The highest BCUT2D eigenvalue weighted by atomic mass is 32.2. The fraction of sp³-hybridized carbons (Fsp3) is 0.533. The molecule has 5 heteroatoms. The Labute approximate surface area is 120 Å². The summed E-state index contributed by atoms with van der Waals surface area (Å²) >= 11 is 0. The third-order valence-corrected chi connectivity index (χ3v) is 5.55. The lowest BCUT2D eigenvalue weighted by Gasteiger charge is -2.38. The highest BCUT2D eigenvalue weighted by molar-refractivity contribution is 7.89. The van der Waals surface area contributed by atoms with Crippen molar-refractivity contribution >= 4 is 10.0 Å². The predicted octanol–water partition coefficient (Wildman–Crippen LogP) is 2.81. The minimum absolute atomic E-state index is 0.0296. The Kier molecular flexibility index (Phi) is 4.17. The van der Waals surface area contributed by atoms with E-state index < -0.39 is 10.0 Å². The van der Waals surface area contributed by atoms with Crippen molar-refractivity contribution in [2.75, 3.05) is 0 Å². The van der Waals surface area contributed by atoms with E-state index in [0.29, 0.717) is 5.56 Å². The van der Waals surface area contributed by atoms with Gasteiger partial charge in [-0.2, -0.15) is 5.26 Å². The summed E-state index contributed by atoms with van der Waals surface area (Å²) in [6, 6.07) is 8.06. The van der Waals surface area contributed by atoms with Gasteiger partial charge in [0.25, 0.3) is 0 Å².